The highest BCUT2D eigenvalue weighted by atomic mass is 16.5. The number of likely N-dealkylation sites (tertiary alicyclic amines) is 2. The fourth-order valence-corrected chi connectivity index (χ4v) is 3.97. The van der Waals surface area contributed by atoms with Crippen molar-refractivity contribution in [2.45, 2.75) is 51.2 Å². The number of hydrogen-bond donors (Lipinski definition) is 1. The molecule has 2 aliphatic heterocycles. The van der Waals surface area contributed by atoms with Gasteiger partial charge in [-0.2, -0.15) is 0 Å². The molecule has 2 saturated heterocycles. The molecule has 2 fully saturated rings. The molecule has 5 nitrogen and oxygen atoms in total. The van der Waals surface area contributed by atoms with Crippen LogP contribution in [0.25, 0.3) is 0 Å². The van der Waals surface area contributed by atoms with E-state index in [1.807, 2.05) is 36.1 Å². The number of amides is 1. The van der Waals surface area contributed by atoms with E-state index in [0.29, 0.717) is 19.2 Å². The second-order valence-electron chi connectivity index (χ2n) is 7.64. The number of β-amino-alcohol motifs (C(OH)–C–C–N with tert-alkyl or cyclic N) is 1. The van der Waals surface area contributed by atoms with Gasteiger partial charge in [0.05, 0.1) is 0 Å². The van der Waals surface area contributed by atoms with Crippen LogP contribution in [0.4, 0.5) is 0 Å². The van der Waals surface area contributed by atoms with Gasteiger partial charge in [-0.3, -0.25) is 9.69 Å². The van der Waals surface area contributed by atoms with Gasteiger partial charge in [0.15, 0.2) is 0 Å². The van der Waals surface area contributed by atoms with Crippen molar-refractivity contribution in [2.24, 2.45) is 0 Å². The maximum Gasteiger partial charge on any atom is 0.219 e. The molecule has 2 heterocycles. The van der Waals surface area contributed by atoms with Crippen LogP contribution in [0.2, 0.25) is 0 Å². The van der Waals surface area contributed by atoms with Crippen molar-refractivity contribution < 1.29 is 14.6 Å². The standard InChI is InChI=1S/C20H30N2O3/c1-16-4-6-19(7-5-16)25-15-20(24)10-3-11-22(14-20)18-8-12-21(13-9-18)17(2)23/h4-7,18,24H,3,8-15H2,1-2H3/t20-/m1/s1. The summed E-state index contributed by atoms with van der Waals surface area (Å²) in [6.45, 7) is 7.36. The molecule has 5 heteroatoms. The fourth-order valence-electron chi connectivity index (χ4n) is 3.97. The van der Waals surface area contributed by atoms with Crippen molar-refractivity contribution in [1.29, 1.82) is 0 Å². The fraction of sp³-hybridized carbons (Fsp3) is 0.650. The smallest absolute Gasteiger partial charge is 0.219 e. The molecule has 1 N–H and O–H groups in total. The molecular weight excluding hydrogens is 316 g/mol. The molecule has 1 amide bonds. The van der Waals surface area contributed by atoms with Crippen LogP contribution < -0.4 is 4.74 Å². The van der Waals surface area contributed by atoms with E-state index in [1.54, 1.807) is 6.92 Å². The zero-order valence-electron chi connectivity index (χ0n) is 15.4. The topological polar surface area (TPSA) is 53.0 Å². The number of benzene rings is 1. The summed E-state index contributed by atoms with van der Waals surface area (Å²) in [5.41, 5.74) is 0.410. The first-order valence-electron chi connectivity index (χ1n) is 9.37. The van der Waals surface area contributed by atoms with Crippen LogP contribution in [0.1, 0.15) is 38.2 Å². The molecule has 1 aromatic carbocycles. The lowest BCUT2D eigenvalue weighted by Crippen LogP contribution is -2.56. The third-order valence-corrected chi connectivity index (χ3v) is 5.54. The summed E-state index contributed by atoms with van der Waals surface area (Å²) in [5, 5.41) is 11.0. The van der Waals surface area contributed by atoms with Crippen molar-refractivity contribution in [3.05, 3.63) is 29.8 Å². The highest BCUT2D eigenvalue weighted by Gasteiger charge is 2.37. The molecule has 1 atom stereocenters. The number of aliphatic hydroxyl groups is 1. The molecule has 2 aliphatic rings. The summed E-state index contributed by atoms with van der Waals surface area (Å²) in [4.78, 5) is 15.8. The molecule has 1 aromatic rings. The average molecular weight is 346 g/mol. The van der Waals surface area contributed by atoms with Gasteiger partial charge in [-0.05, 0) is 51.3 Å². The number of nitrogens with zero attached hydrogens (tertiary/aromatic N) is 2. The normalized spacial score (nSPS) is 25.8. The van der Waals surface area contributed by atoms with Gasteiger partial charge in [-0.25, -0.2) is 0 Å². The zero-order valence-corrected chi connectivity index (χ0v) is 15.4. The predicted octanol–water partition coefficient (Wildman–Crippen LogP) is 2.21. The van der Waals surface area contributed by atoms with Crippen LogP contribution in [0.5, 0.6) is 5.75 Å². The monoisotopic (exact) mass is 346 g/mol. The number of ether oxygens (including phenoxy) is 1. The molecule has 0 aliphatic carbocycles. The maximum absolute atomic E-state index is 11.5. The van der Waals surface area contributed by atoms with Crippen LogP contribution in [-0.2, 0) is 4.79 Å². The van der Waals surface area contributed by atoms with Crippen LogP contribution in [0.15, 0.2) is 24.3 Å². The van der Waals surface area contributed by atoms with E-state index in [-0.39, 0.29) is 5.91 Å². The SMILES string of the molecule is CC(=O)N1CCC(N2CCC[C@](O)(COc3ccc(C)cc3)C2)CC1. The van der Waals surface area contributed by atoms with Gasteiger partial charge in [-0.15, -0.1) is 0 Å². The van der Waals surface area contributed by atoms with E-state index in [9.17, 15) is 9.90 Å². The van der Waals surface area contributed by atoms with E-state index in [1.165, 1.54) is 5.56 Å². The largest absolute Gasteiger partial charge is 0.491 e. The minimum atomic E-state index is -0.791. The molecule has 0 spiro atoms. The minimum Gasteiger partial charge on any atom is -0.491 e. The minimum absolute atomic E-state index is 0.167. The predicted molar refractivity (Wildman–Crippen MR) is 97.7 cm³/mol. The van der Waals surface area contributed by atoms with Gasteiger partial charge in [0, 0.05) is 32.6 Å². The number of hydrogen-bond acceptors (Lipinski definition) is 4. The Hall–Kier alpha value is -1.59. The van der Waals surface area contributed by atoms with Crippen molar-refractivity contribution in [3.63, 3.8) is 0 Å². The highest BCUT2D eigenvalue weighted by molar-refractivity contribution is 5.73. The first-order chi connectivity index (χ1) is 12.0. The average Bonchev–Trinajstić information content (AvgIpc) is 2.61. The van der Waals surface area contributed by atoms with Crippen molar-refractivity contribution in [3.8, 4) is 5.75 Å². The number of piperidine rings is 2. The van der Waals surface area contributed by atoms with Gasteiger partial charge >= 0.3 is 0 Å². The van der Waals surface area contributed by atoms with Gasteiger partial charge < -0.3 is 14.7 Å². The Bertz CT molecular complexity index is 581. The summed E-state index contributed by atoms with van der Waals surface area (Å²) in [6, 6.07) is 8.42. The Morgan fingerprint density at radius 2 is 1.92 bits per heavy atom. The molecule has 0 unspecified atom stereocenters. The molecule has 25 heavy (non-hydrogen) atoms. The van der Waals surface area contributed by atoms with Crippen LogP contribution in [-0.4, -0.2) is 65.2 Å². The summed E-state index contributed by atoms with van der Waals surface area (Å²) in [6.07, 6.45) is 3.76. The summed E-state index contributed by atoms with van der Waals surface area (Å²) in [5.74, 6) is 0.978. The Morgan fingerprint density at radius 1 is 1.24 bits per heavy atom. The molecule has 0 saturated carbocycles. The van der Waals surface area contributed by atoms with Crippen molar-refractivity contribution in [2.75, 3.05) is 32.8 Å². The van der Waals surface area contributed by atoms with Gasteiger partial charge in [0.2, 0.25) is 5.91 Å². The summed E-state index contributed by atoms with van der Waals surface area (Å²) < 4.78 is 5.86. The lowest BCUT2D eigenvalue weighted by Gasteiger charge is -2.45. The van der Waals surface area contributed by atoms with Crippen molar-refractivity contribution in [1.82, 2.24) is 9.80 Å². The Kier molecular flexibility index (Phi) is 5.64. The van der Waals surface area contributed by atoms with Crippen LogP contribution in [0.3, 0.4) is 0 Å². The molecule has 138 valence electrons. The molecule has 0 bridgehead atoms. The van der Waals surface area contributed by atoms with Gasteiger partial charge in [0.25, 0.3) is 0 Å². The highest BCUT2D eigenvalue weighted by Crippen LogP contribution is 2.27. The molecule has 0 radical (unpaired) electrons. The first kappa shape index (κ1) is 18.2. The van der Waals surface area contributed by atoms with Crippen molar-refractivity contribution >= 4 is 5.91 Å². The number of carbonyl (C=O) groups excluding carboxylic acids is 1. The second-order valence-corrected chi connectivity index (χ2v) is 7.64. The van der Waals surface area contributed by atoms with E-state index >= 15 is 0 Å². The third kappa shape index (κ3) is 4.73. The Morgan fingerprint density at radius 3 is 2.56 bits per heavy atom. The second kappa shape index (κ2) is 7.75. The van der Waals surface area contributed by atoms with Gasteiger partial charge in [0.1, 0.15) is 18.0 Å². The van der Waals surface area contributed by atoms with E-state index < -0.39 is 5.60 Å². The Balaban J connectivity index is 1.53. The molecule has 0 aromatic heterocycles. The zero-order chi connectivity index (χ0) is 17.9. The lowest BCUT2D eigenvalue weighted by atomic mass is 9.90. The Labute approximate surface area is 150 Å². The van der Waals surface area contributed by atoms with E-state index in [0.717, 1.165) is 51.1 Å². The summed E-state index contributed by atoms with van der Waals surface area (Å²) in [7, 11) is 0. The number of carbonyl (C=O) groups is 1. The van der Waals surface area contributed by atoms with E-state index in [4.69, 9.17) is 4.74 Å². The van der Waals surface area contributed by atoms with Crippen LogP contribution in [0, 0.1) is 6.92 Å². The third-order valence-electron chi connectivity index (χ3n) is 5.54. The quantitative estimate of drug-likeness (QED) is 0.908. The van der Waals surface area contributed by atoms with E-state index in [2.05, 4.69) is 4.90 Å². The maximum atomic E-state index is 11.5. The van der Waals surface area contributed by atoms with Gasteiger partial charge in [-0.1, -0.05) is 17.7 Å². The summed E-state index contributed by atoms with van der Waals surface area (Å²) >= 11 is 0. The lowest BCUT2D eigenvalue weighted by molar-refractivity contribution is -0.131. The molecular formula is C20H30N2O3. The first-order valence-corrected chi connectivity index (χ1v) is 9.37. The molecule has 3 rings (SSSR count). The van der Waals surface area contributed by atoms with Crippen LogP contribution >= 0.6 is 0 Å². The number of aryl methyl sites for hydroxylation is 1. The number of rotatable bonds is 4.